The van der Waals surface area contributed by atoms with Gasteiger partial charge >= 0.3 is 0 Å². The summed E-state index contributed by atoms with van der Waals surface area (Å²) in [6.45, 7) is 7.58. The number of sulfonamides is 1. The van der Waals surface area contributed by atoms with E-state index in [9.17, 15) is 13.2 Å². The highest BCUT2D eigenvalue weighted by molar-refractivity contribution is 7.92. The lowest BCUT2D eigenvalue weighted by Crippen LogP contribution is -2.32. The van der Waals surface area contributed by atoms with Gasteiger partial charge in [-0.3, -0.25) is 9.52 Å². The number of carbonyl (C=O) groups excluding carboxylic acids is 1. The summed E-state index contributed by atoms with van der Waals surface area (Å²) >= 11 is 0. The molecule has 0 unspecified atom stereocenters. The van der Waals surface area contributed by atoms with E-state index in [-0.39, 0.29) is 10.8 Å². The SMILES string of the molecule is CC[C@H](Oc1cccc(C)c1)C(=O)Nc1ccc(S(=O)(=O)Nc2cc(C)ccc2C)cc1. The molecule has 168 valence electrons. The van der Waals surface area contributed by atoms with E-state index in [2.05, 4.69) is 10.0 Å². The Balaban J connectivity index is 1.69. The lowest BCUT2D eigenvalue weighted by atomic mass is 10.1. The molecule has 0 bridgehead atoms. The summed E-state index contributed by atoms with van der Waals surface area (Å²) < 4.78 is 34.0. The third-order valence-corrected chi connectivity index (χ3v) is 6.38. The third-order valence-electron chi connectivity index (χ3n) is 5.00. The van der Waals surface area contributed by atoms with Crippen molar-refractivity contribution in [1.82, 2.24) is 0 Å². The molecule has 0 aromatic heterocycles. The molecule has 0 aliphatic heterocycles. The molecule has 0 aliphatic rings. The molecular formula is C25H28N2O4S. The first kappa shape index (κ1) is 23.3. The Morgan fingerprint density at radius 3 is 2.28 bits per heavy atom. The minimum atomic E-state index is -3.75. The second-order valence-corrected chi connectivity index (χ2v) is 9.45. The highest BCUT2D eigenvalue weighted by atomic mass is 32.2. The molecule has 0 saturated heterocycles. The number of hydrogen-bond donors (Lipinski definition) is 2. The predicted molar refractivity (Wildman–Crippen MR) is 128 cm³/mol. The fraction of sp³-hybridized carbons (Fsp3) is 0.240. The number of aryl methyl sites for hydroxylation is 3. The Kier molecular flexibility index (Phi) is 7.20. The number of ether oxygens (including phenoxy) is 1. The van der Waals surface area contributed by atoms with Crippen LogP contribution in [0.1, 0.15) is 30.0 Å². The van der Waals surface area contributed by atoms with Crippen LogP contribution in [0.2, 0.25) is 0 Å². The van der Waals surface area contributed by atoms with Crippen LogP contribution in [0.4, 0.5) is 11.4 Å². The van der Waals surface area contributed by atoms with Crippen molar-refractivity contribution >= 4 is 27.3 Å². The van der Waals surface area contributed by atoms with E-state index < -0.39 is 16.1 Å². The van der Waals surface area contributed by atoms with Crippen LogP contribution in [-0.2, 0) is 14.8 Å². The highest BCUT2D eigenvalue weighted by Gasteiger charge is 2.20. The number of nitrogens with one attached hydrogen (secondary N) is 2. The highest BCUT2D eigenvalue weighted by Crippen LogP contribution is 2.22. The molecule has 0 radical (unpaired) electrons. The van der Waals surface area contributed by atoms with Crippen molar-refractivity contribution in [1.29, 1.82) is 0 Å². The Morgan fingerprint density at radius 1 is 0.938 bits per heavy atom. The zero-order valence-corrected chi connectivity index (χ0v) is 19.5. The topological polar surface area (TPSA) is 84.5 Å². The van der Waals surface area contributed by atoms with Crippen LogP contribution in [0.3, 0.4) is 0 Å². The number of amides is 1. The number of hydrogen-bond acceptors (Lipinski definition) is 4. The van der Waals surface area contributed by atoms with Gasteiger partial charge in [-0.15, -0.1) is 0 Å². The van der Waals surface area contributed by atoms with Gasteiger partial charge in [-0.2, -0.15) is 0 Å². The minimum Gasteiger partial charge on any atom is -0.481 e. The predicted octanol–water partition coefficient (Wildman–Crippen LogP) is 5.21. The third kappa shape index (κ3) is 5.88. The minimum absolute atomic E-state index is 0.111. The smallest absolute Gasteiger partial charge is 0.265 e. The molecule has 1 atom stereocenters. The van der Waals surface area contributed by atoms with Crippen LogP contribution in [0.5, 0.6) is 5.75 Å². The Bertz CT molecular complexity index is 1200. The maximum absolute atomic E-state index is 12.8. The van der Waals surface area contributed by atoms with Crippen molar-refractivity contribution in [2.75, 3.05) is 10.0 Å². The molecule has 0 aliphatic carbocycles. The molecule has 0 fully saturated rings. The van der Waals surface area contributed by atoms with Gasteiger partial charge in [0.15, 0.2) is 6.10 Å². The normalized spacial score (nSPS) is 12.1. The molecule has 6 nitrogen and oxygen atoms in total. The average Bonchev–Trinajstić information content (AvgIpc) is 2.75. The molecule has 0 spiro atoms. The van der Waals surface area contributed by atoms with Gasteiger partial charge in [-0.1, -0.05) is 31.2 Å². The molecule has 0 heterocycles. The Labute approximate surface area is 189 Å². The van der Waals surface area contributed by atoms with Crippen LogP contribution in [-0.4, -0.2) is 20.4 Å². The molecule has 7 heteroatoms. The number of rotatable bonds is 8. The maximum Gasteiger partial charge on any atom is 0.265 e. The lowest BCUT2D eigenvalue weighted by molar-refractivity contribution is -0.122. The van der Waals surface area contributed by atoms with Crippen LogP contribution >= 0.6 is 0 Å². The summed E-state index contributed by atoms with van der Waals surface area (Å²) in [6, 6.07) is 19.2. The van der Waals surface area contributed by atoms with Gasteiger partial charge in [0.05, 0.1) is 10.6 Å². The van der Waals surface area contributed by atoms with Crippen LogP contribution in [0.25, 0.3) is 0 Å². The Hall–Kier alpha value is -3.32. The van der Waals surface area contributed by atoms with Crippen molar-refractivity contribution in [3.63, 3.8) is 0 Å². The summed E-state index contributed by atoms with van der Waals surface area (Å²) in [6.07, 6.45) is -0.169. The zero-order valence-electron chi connectivity index (χ0n) is 18.7. The molecule has 3 aromatic rings. The van der Waals surface area contributed by atoms with E-state index >= 15 is 0 Å². The summed E-state index contributed by atoms with van der Waals surface area (Å²) in [7, 11) is -3.75. The monoisotopic (exact) mass is 452 g/mol. The van der Waals surface area contributed by atoms with Gasteiger partial charge in [-0.05, 0) is 86.3 Å². The van der Waals surface area contributed by atoms with Gasteiger partial charge in [0, 0.05) is 5.69 Å². The molecule has 2 N–H and O–H groups in total. The molecular weight excluding hydrogens is 424 g/mol. The van der Waals surface area contributed by atoms with E-state index in [0.717, 1.165) is 16.7 Å². The fourth-order valence-electron chi connectivity index (χ4n) is 3.16. The number of anilines is 2. The quantitative estimate of drug-likeness (QED) is 0.491. The molecule has 3 rings (SSSR count). The lowest BCUT2D eigenvalue weighted by Gasteiger charge is -2.18. The maximum atomic E-state index is 12.8. The van der Waals surface area contributed by atoms with E-state index in [1.54, 1.807) is 18.2 Å². The fourth-order valence-corrected chi connectivity index (χ4v) is 4.29. The molecule has 32 heavy (non-hydrogen) atoms. The van der Waals surface area contributed by atoms with Crippen molar-refractivity contribution in [2.24, 2.45) is 0 Å². The van der Waals surface area contributed by atoms with Crippen LogP contribution in [0, 0.1) is 20.8 Å². The van der Waals surface area contributed by atoms with Gasteiger partial charge < -0.3 is 10.1 Å². The van der Waals surface area contributed by atoms with Gasteiger partial charge in [0.2, 0.25) is 0 Å². The van der Waals surface area contributed by atoms with Gasteiger partial charge in [0.1, 0.15) is 5.75 Å². The zero-order chi connectivity index (χ0) is 23.3. The number of benzene rings is 3. The first-order valence-electron chi connectivity index (χ1n) is 10.4. The van der Waals surface area contributed by atoms with E-state index in [1.165, 1.54) is 12.1 Å². The van der Waals surface area contributed by atoms with Crippen LogP contribution < -0.4 is 14.8 Å². The summed E-state index contributed by atoms with van der Waals surface area (Å²) in [4.78, 5) is 12.8. The van der Waals surface area contributed by atoms with Crippen molar-refractivity contribution < 1.29 is 17.9 Å². The molecule has 0 saturated carbocycles. The standard InChI is InChI=1S/C25H28N2O4S/c1-5-24(31-21-8-6-7-17(2)15-21)25(28)26-20-11-13-22(14-12-20)32(29,30)27-23-16-18(3)9-10-19(23)4/h6-16,24,27H,5H2,1-4H3,(H,26,28)/t24-/m0/s1. The molecule has 1 amide bonds. The molecule has 3 aromatic carbocycles. The van der Waals surface area contributed by atoms with Gasteiger partial charge in [0.25, 0.3) is 15.9 Å². The summed E-state index contributed by atoms with van der Waals surface area (Å²) in [5.74, 6) is 0.337. The largest absolute Gasteiger partial charge is 0.481 e. The number of carbonyl (C=O) groups is 1. The second-order valence-electron chi connectivity index (χ2n) is 7.77. The van der Waals surface area contributed by atoms with Crippen molar-refractivity contribution in [3.05, 3.63) is 83.4 Å². The first-order valence-corrected chi connectivity index (χ1v) is 11.9. The summed E-state index contributed by atoms with van der Waals surface area (Å²) in [5, 5.41) is 2.79. The van der Waals surface area contributed by atoms with E-state index in [4.69, 9.17) is 4.74 Å². The Morgan fingerprint density at radius 2 is 1.62 bits per heavy atom. The first-order chi connectivity index (χ1) is 15.2. The van der Waals surface area contributed by atoms with E-state index in [0.29, 0.717) is 23.5 Å². The summed E-state index contributed by atoms with van der Waals surface area (Å²) in [5.41, 5.74) is 3.88. The second kappa shape index (κ2) is 9.87. The van der Waals surface area contributed by atoms with Crippen LogP contribution in [0.15, 0.2) is 71.6 Å². The van der Waals surface area contributed by atoms with Gasteiger partial charge in [-0.25, -0.2) is 8.42 Å². The van der Waals surface area contributed by atoms with Crippen molar-refractivity contribution in [3.8, 4) is 5.75 Å². The van der Waals surface area contributed by atoms with E-state index in [1.807, 2.05) is 64.1 Å². The average molecular weight is 453 g/mol. The van der Waals surface area contributed by atoms with Crippen molar-refractivity contribution in [2.45, 2.75) is 45.1 Å².